The Morgan fingerprint density at radius 2 is 2.25 bits per heavy atom. The van der Waals surface area contributed by atoms with Crippen LogP contribution in [0.15, 0.2) is 12.2 Å². The van der Waals surface area contributed by atoms with Crippen molar-refractivity contribution in [3.05, 3.63) is 12.2 Å². The van der Waals surface area contributed by atoms with Gasteiger partial charge in [-0.25, -0.2) is 0 Å². The predicted octanol–water partition coefficient (Wildman–Crippen LogP) is 1.85. The van der Waals surface area contributed by atoms with Crippen LogP contribution < -0.4 is 5.73 Å². The average Bonchev–Trinajstić information content (AvgIpc) is 2.82. The summed E-state index contributed by atoms with van der Waals surface area (Å²) in [5, 5.41) is 0. The SMILES string of the molecule is C=C(C(N)=O)C(CC)CC1CC1. The van der Waals surface area contributed by atoms with Crippen molar-refractivity contribution in [1.82, 2.24) is 0 Å². The van der Waals surface area contributed by atoms with Gasteiger partial charge in [0.05, 0.1) is 0 Å². The van der Waals surface area contributed by atoms with Crippen molar-refractivity contribution in [2.45, 2.75) is 32.6 Å². The third kappa shape index (κ3) is 2.36. The van der Waals surface area contributed by atoms with Gasteiger partial charge in [-0.3, -0.25) is 4.79 Å². The quantitative estimate of drug-likeness (QED) is 0.624. The van der Waals surface area contributed by atoms with Gasteiger partial charge in [0.25, 0.3) is 0 Å². The number of nitrogens with two attached hydrogens (primary N) is 1. The van der Waals surface area contributed by atoms with Gasteiger partial charge in [-0.2, -0.15) is 0 Å². The number of rotatable bonds is 5. The molecule has 0 aromatic rings. The lowest BCUT2D eigenvalue weighted by atomic mass is 9.91. The molecule has 0 radical (unpaired) electrons. The highest BCUT2D eigenvalue weighted by atomic mass is 16.1. The summed E-state index contributed by atoms with van der Waals surface area (Å²) in [5.41, 5.74) is 5.79. The highest BCUT2D eigenvalue weighted by Crippen LogP contribution is 2.37. The molecule has 2 heteroatoms. The first-order valence-electron chi connectivity index (χ1n) is 4.63. The molecule has 1 atom stereocenters. The molecule has 0 aromatic heterocycles. The van der Waals surface area contributed by atoms with Crippen LogP contribution in [0.3, 0.4) is 0 Å². The first-order chi connectivity index (χ1) is 5.65. The van der Waals surface area contributed by atoms with Crippen molar-refractivity contribution in [2.24, 2.45) is 17.6 Å². The van der Waals surface area contributed by atoms with Crippen molar-refractivity contribution in [3.63, 3.8) is 0 Å². The molecule has 0 bridgehead atoms. The Labute approximate surface area is 73.8 Å². The number of carbonyl (C=O) groups is 1. The molecular formula is C10H17NO. The van der Waals surface area contributed by atoms with Crippen molar-refractivity contribution < 1.29 is 4.79 Å². The number of hydrogen-bond donors (Lipinski definition) is 1. The van der Waals surface area contributed by atoms with Crippen LogP contribution in [-0.2, 0) is 4.79 Å². The fourth-order valence-corrected chi connectivity index (χ4v) is 1.51. The first-order valence-corrected chi connectivity index (χ1v) is 4.63. The number of hydrogen-bond acceptors (Lipinski definition) is 1. The normalized spacial score (nSPS) is 18.8. The van der Waals surface area contributed by atoms with E-state index < -0.39 is 0 Å². The Morgan fingerprint density at radius 3 is 2.58 bits per heavy atom. The molecule has 0 heterocycles. The van der Waals surface area contributed by atoms with E-state index in [0.717, 1.165) is 18.8 Å². The fourth-order valence-electron chi connectivity index (χ4n) is 1.51. The molecule has 1 saturated carbocycles. The van der Waals surface area contributed by atoms with Crippen molar-refractivity contribution >= 4 is 5.91 Å². The summed E-state index contributed by atoms with van der Waals surface area (Å²) >= 11 is 0. The second kappa shape index (κ2) is 3.74. The summed E-state index contributed by atoms with van der Waals surface area (Å²) < 4.78 is 0. The first kappa shape index (κ1) is 9.30. The molecule has 1 rings (SSSR count). The summed E-state index contributed by atoms with van der Waals surface area (Å²) in [6.45, 7) is 5.82. The highest BCUT2D eigenvalue weighted by Gasteiger charge is 2.27. The molecule has 2 N–H and O–H groups in total. The van der Waals surface area contributed by atoms with Gasteiger partial charge in [-0.05, 0) is 24.7 Å². The molecule has 0 spiro atoms. The number of carbonyl (C=O) groups excluding carboxylic acids is 1. The van der Waals surface area contributed by atoms with E-state index in [2.05, 4.69) is 13.5 Å². The second-order valence-electron chi connectivity index (χ2n) is 3.67. The molecule has 68 valence electrons. The Hall–Kier alpha value is -0.790. The zero-order valence-electron chi connectivity index (χ0n) is 7.68. The molecule has 1 aliphatic carbocycles. The van der Waals surface area contributed by atoms with E-state index in [0.29, 0.717) is 11.5 Å². The summed E-state index contributed by atoms with van der Waals surface area (Å²) in [4.78, 5) is 10.8. The highest BCUT2D eigenvalue weighted by molar-refractivity contribution is 5.91. The summed E-state index contributed by atoms with van der Waals surface area (Å²) in [5.74, 6) is 0.837. The van der Waals surface area contributed by atoms with E-state index in [1.165, 1.54) is 12.8 Å². The Kier molecular flexibility index (Phi) is 2.90. The minimum atomic E-state index is -0.331. The molecule has 1 fully saturated rings. The van der Waals surface area contributed by atoms with Crippen LogP contribution >= 0.6 is 0 Å². The molecule has 12 heavy (non-hydrogen) atoms. The average molecular weight is 167 g/mol. The van der Waals surface area contributed by atoms with Gasteiger partial charge in [0.2, 0.25) is 5.91 Å². The Morgan fingerprint density at radius 1 is 1.67 bits per heavy atom. The zero-order valence-corrected chi connectivity index (χ0v) is 7.68. The van der Waals surface area contributed by atoms with Crippen molar-refractivity contribution in [1.29, 1.82) is 0 Å². The lowest BCUT2D eigenvalue weighted by Crippen LogP contribution is -2.19. The van der Waals surface area contributed by atoms with Crippen LogP contribution in [-0.4, -0.2) is 5.91 Å². The van der Waals surface area contributed by atoms with Crippen LogP contribution in [0.5, 0.6) is 0 Å². The molecule has 1 aliphatic rings. The van der Waals surface area contributed by atoms with Gasteiger partial charge in [-0.1, -0.05) is 26.3 Å². The third-order valence-corrected chi connectivity index (χ3v) is 2.62. The van der Waals surface area contributed by atoms with Gasteiger partial charge < -0.3 is 5.73 Å². The van der Waals surface area contributed by atoms with Crippen LogP contribution in [0.4, 0.5) is 0 Å². The molecule has 0 aromatic carbocycles. The maximum Gasteiger partial charge on any atom is 0.244 e. The van der Waals surface area contributed by atoms with E-state index in [9.17, 15) is 4.79 Å². The minimum absolute atomic E-state index is 0.329. The lowest BCUT2D eigenvalue weighted by molar-refractivity contribution is -0.115. The van der Waals surface area contributed by atoms with Crippen LogP contribution in [0, 0.1) is 11.8 Å². The minimum Gasteiger partial charge on any atom is -0.366 e. The van der Waals surface area contributed by atoms with E-state index in [1.54, 1.807) is 0 Å². The zero-order chi connectivity index (χ0) is 9.14. The van der Waals surface area contributed by atoms with E-state index in [4.69, 9.17) is 5.73 Å². The van der Waals surface area contributed by atoms with E-state index in [1.807, 2.05) is 0 Å². The summed E-state index contributed by atoms with van der Waals surface area (Å²) in [6, 6.07) is 0. The Bertz CT molecular complexity index is 194. The monoisotopic (exact) mass is 167 g/mol. The lowest BCUT2D eigenvalue weighted by Gasteiger charge is -2.14. The fraction of sp³-hybridized carbons (Fsp3) is 0.700. The van der Waals surface area contributed by atoms with Gasteiger partial charge in [-0.15, -0.1) is 0 Å². The van der Waals surface area contributed by atoms with Gasteiger partial charge in [0.1, 0.15) is 0 Å². The number of amides is 1. The molecular weight excluding hydrogens is 150 g/mol. The van der Waals surface area contributed by atoms with Gasteiger partial charge in [0.15, 0.2) is 0 Å². The van der Waals surface area contributed by atoms with Gasteiger partial charge in [0, 0.05) is 5.57 Å². The smallest absolute Gasteiger partial charge is 0.244 e. The molecule has 0 aliphatic heterocycles. The molecule has 1 unspecified atom stereocenters. The molecule has 2 nitrogen and oxygen atoms in total. The van der Waals surface area contributed by atoms with Crippen LogP contribution in [0.2, 0.25) is 0 Å². The third-order valence-electron chi connectivity index (χ3n) is 2.62. The molecule has 1 amide bonds. The predicted molar refractivity (Wildman–Crippen MR) is 49.5 cm³/mol. The Balaban J connectivity index is 2.41. The van der Waals surface area contributed by atoms with Crippen molar-refractivity contribution in [3.8, 4) is 0 Å². The van der Waals surface area contributed by atoms with Crippen LogP contribution in [0.1, 0.15) is 32.6 Å². The van der Waals surface area contributed by atoms with Crippen molar-refractivity contribution in [2.75, 3.05) is 0 Å². The maximum absolute atomic E-state index is 10.8. The summed E-state index contributed by atoms with van der Waals surface area (Å²) in [6.07, 6.45) is 4.74. The molecule has 0 saturated heterocycles. The maximum atomic E-state index is 10.8. The van der Waals surface area contributed by atoms with Gasteiger partial charge >= 0.3 is 0 Å². The van der Waals surface area contributed by atoms with E-state index in [-0.39, 0.29) is 5.91 Å². The largest absolute Gasteiger partial charge is 0.366 e. The number of primary amides is 1. The van der Waals surface area contributed by atoms with Crippen LogP contribution in [0.25, 0.3) is 0 Å². The summed E-state index contributed by atoms with van der Waals surface area (Å²) in [7, 11) is 0. The topological polar surface area (TPSA) is 43.1 Å². The van der Waals surface area contributed by atoms with E-state index >= 15 is 0 Å². The standard InChI is InChI=1S/C10H17NO/c1-3-9(6-8-4-5-8)7(2)10(11)12/h8-9H,2-6H2,1H3,(H2,11,12). The second-order valence-corrected chi connectivity index (χ2v) is 3.67.